The topological polar surface area (TPSA) is 64.4 Å². The van der Waals surface area contributed by atoms with Crippen molar-refractivity contribution < 1.29 is 18.7 Å². The fraction of sp³-hybridized carbons (Fsp3) is 0.458. The lowest BCUT2D eigenvalue weighted by Gasteiger charge is -2.37. The van der Waals surface area contributed by atoms with E-state index in [2.05, 4.69) is 10.00 Å². The smallest absolute Gasteiger partial charge is 0.311 e. The van der Waals surface area contributed by atoms with Crippen molar-refractivity contribution in [3.8, 4) is 5.75 Å². The lowest BCUT2D eigenvalue weighted by atomic mass is 9.93. The van der Waals surface area contributed by atoms with Crippen molar-refractivity contribution in [3.05, 3.63) is 59.7 Å². The summed E-state index contributed by atoms with van der Waals surface area (Å²) in [5.74, 6) is -0.0790. The third kappa shape index (κ3) is 5.30. The minimum Gasteiger partial charge on any atom is -0.423 e. The SMILES string of the molecule is CCC(=O)Oc1cnn(C/C=C2/CN(C(C(=O)C3CC3)c3ccccc3F)CCC2S)c1. The van der Waals surface area contributed by atoms with Gasteiger partial charge in [0.05, 0.1) is 25.0 Å². The Morgan fingerprint density at radius 3 is 2.81 bits per heavy atom. The Bertz CT molecular complexity index is 1020. The Morgan fingerprint density at radius 2 is 2.09 bits per heavy atom. The molecule has 2 heterocycles. The number of Topliss-reactive ketones (excluding diaryl/α,β-unsaturated/α-hetero) is 1. The van der Waals surface area contributed by atoms with Gasteiger partial charge in [0, 0.05) is 36.2 Å². The summed E-state index contributed by atoms with van der Waals surface area (Å²) >= 11 is 4.73. The number of rotatable bonds is 8. The number of hydrogen-bond donors (Lipinski definition) is 1. The summed E-state index contributed by atoms with van der Waals surface area (Å²) in [6.07, 6.45) is 8.09. The molecule has 6 nitrogen and oxygen atoms in total. The number of benzene rings is 1. The minimum absolute atomic E-state index is 0.0362. The van der Waals surface area contributed by atoms with Gasteiger partial charge in [-0.25, -0.2) is 4.39 Å². The average Bonchev–Trinajstić information content (AvgIpc) is 3.55. The van der Waals surface area contributed by atoms with Crippen LogP contribution in [0.1, 0.15) is 44.2 Å². The Morgan fingerprint density at radius 1 is 1.31 bits per heavy atom. The van der Waals surface area contributed by atoms with Crippen LogP contribution in [0.3, 0.4) is 0 Å². The normalized spacial score (nSPS) is 21.5. The van der Waals surface area contributed by atoms with Gasteiger partial charge in [-0.15, -0.1) is 0 Å². The van der Waals surface area contributed by atoms with Gasteiger partial charge in [-0.2, -0.15) is 17.7 Å². The van der Waals surface area contributed by atoms with Crippen LogP contribution in [-0.2, 0) is 16.1 Å². The molecule has 1 saturated carbocycles. The number of piperidine rings is 1. The van der Waals surface area contributed by atoms with Crippen LogP contribution in [0.4, 0.5) is 4.39 Å². The second kappa shape index (κ2) is 10.0. The predicted molar refractivity (Wildman–Crippen MR) is 122 cm³/mol. The third-order valence-electron chi connectivity index (χ3n) is 5.99. The van der Waals surface area contributed by atoms with Crippen LogP contribution in [-0.4, -0.2) is 44.8 Å². The van der Waals surface area contributed by atoms with Crippen molar-refractivity contribution in [2.75, 3.05) is 13.1 Å². The molecule has 1 aliphatic carbocycles. The van der Waals surface area contributed by atoms with Crippen LogP contribution in [0.25, 0.3) is 0 Å². The van der Waals surface area contributed by atoms with Crippen molar-refractivity contribution in [2.45, 2.75) is 50.4 Å². The monoisotopic (exact) mass is 457 g/mol. The molecule has 1 aromatic carbocycles. The zero-order chi connectivity index (χ0) is 22.7. The van der Waals surface area contributed by atoms with Crippen LogP contribution in [0.5, 0.6) is 5.75 Å². The molecule has 2 aromatic rings. The summed E-state index contributed by atoms with van der Waals surface area (Å²) in [4.78, 5) is 26.7. The van der Waals surface area contributed by atoms with Crippen LogP contribution >= 0.6 is 12.6 Å². The summed E-state index contributed by atoms with van der Waals surface area (Å²) in [6.45, 7) is 3.46. The second-order valence-corrected chi connectivity index (χ2v) is 9.00. The van der Waals surface area contributed by atoms with Gasteiger partial charge in [-0.3, -0.25) is 19.2 Å². The van der Waals surface area contributed by atoms with Crippen molar-refractivity contribution in [3.63, 3.8) is 0 Å². The number of aromatic nitrogens is 2. The summed E-state index contributed by atoms with van der Waals surface area (Å²) in [7, 11) is 0. The molecule has 0 radical (unpaired) electrons. The number of ether oxygens (including phenoxy) is 1. The molecule has 8 heteroatoms. The molecule has 2 aliphatic rings. The van der Waals surface area contributed by atoms with Crippen LogP contribution < -0.4 is 4.74 Å². The van der Waals surface area contributed by atoms with Gasteiger partial charge in [-0.1, -0.05) is 31.2 Å². The molecule has 2 fully saturated rings. The van der Waals surface area contributed by atoms with Gasteiger partial charge in [0.25, 0.3) is 0 Å². The first-order chi connectivity index (χ1) is 15.5. The first-order valence-corrected chi connectivity index (χ1v) is 11.6. The van der Waals surface area contributed by atoms with Crippen LogP contribution in [0.15, 0.2) is 48.3 Å². The van der Waals surface area contributed by atoms with Crippen molar-refractivity contribution in [1.29, 1.82) is 0 Å². The zero-order valence-corrected chi connectivity index (χ0v) is 19.0. The molecule has 4 rings (SSSR count). The van der Waals surface area contributed by atoms with Crippen LogP contribution in [0, 0.1) is 11.7 Å². The van der Waals surface area contributed by atoms with Crippen LogP contribution in [0.2, 0.25) is 0 Å². The molecule has 1 aromatic heterocycles. The third-order valence-corrected chi connectivity index (χ3v) is 6.58. The number of esters is 1. The van der Waals surface area contributed by atoms with E-state index in [0.717, 1.165) is 24.8 Å². The standard InChI is InChI=1S/C24H28FN3O3S/c1-2-22(29)31-18-13-26-28(15-18)12-9-17-14-27(11-10-21(17)32)23(24(30)16-7-8-16)19-5-3-4-6-20(19)25/h3-6,9,13,15-16,21,23,32H,2,7-8,10-12,14H2,1H3/b17-9-. The van der Waals surface area contributed by atoms with E-state index in [1.807, 2.05) is 6.08 Å². The van der Waals surface area contributed by atoms with E-state index in [-0.39, 0.29) is 28.7 Å². The maximum Gasteiger partial charge on any atom is 0.311 e. The number of hydrogen-bond acceptors (Lipinski definition) is 6. The lowest BCUT2D eigenvalue weighted by Crippen LogP contribution is -2.42. The van der Waals surface area contributed by atoms with Gasteiger partial charge in [0.1, 0.15) is 5.82 Å². The maximum absolute atomic E-state index is 14.6. The number of nitrogens with zero attached hydrogens (tertiary/aromatic N) is 3. The number of carbonyl (C=O) groups excluding carboxylic acids is 2. The first-order valence-electron chi connectivity index (χ1n) is 11.1. The molecule has 0 N–H and O–H groups in total. The van der Waals surface area contributed by atoms with Crippen molar-refractivity contribution in [2.24, 2.45) is 5.92 Å². The summed E-state index contributed by atoms with van der Waals surface area (Å²) in [5.41, 5.74) is 1.53. The molecule has 1 aliphatic heterocycles. The molecule has 0 amide bonds. The van der Waals surface area contributed by atoms with Gasteiger partial charge >= 0.3 is 5.97 Å². The molecule has 32 heavy (non-hydrogen) atoms. The molecule has 170 valence electrons. The highest BCUT2D eigenvalue weighted by Gasteiger charge is 2.40. The van der Waals surface area contributed by atoms with Gasteiger partial charge in [-0.05, 0) is 30.9 Å². The van der Waals surface area contributed by atoms with Gasteiger partial charge in [0.2, 0.25) is 0 Å². The van der Waals surface area contributed by atoms with Crippen molar-refractivity contribution in [1.82, 2.24) is 14.7 Å². The Hall–Kier alpha value is -2.45. The number of halogens is 1. The zero-order valence-electron chi connectivity index (χ0n) is 18.1. The second-order valence-electron chi connectivity index (χ2n) is 8.38. The van der Waals surface area contributed by atoms with E-state index in [4.69, 9.17) is 17.4 Å². The quantitative estimate of drug-likeness (QED) is 0.369. The van der Waals surface area contributed by atoms with E-state index >= 15 is 0 Å². The number of thiol groups is 1. The fourth-order valence-electron chi connectivity index (χ4n) is 4.04. The highest BCUT2D eigenvalue weighted by molar-refractivity contribution is 7.81. The van der Waals surface area contributed by atoms with Gasteiger partial charge < -0.3 is 4.74 Å². The molecule has 2 unspecified atom stereocenters. The minimum atomic E-state index is -0.572. The molecule has 0 spiro atoms. The Balaban J connectivity index is 1.50. The summed E-state index contributed by atoms with van der Waals surface area (Å²) in [5, 5.41) is 4.30. The highest BCUT2D eigenvalue weighted by atomic mass is 32.1. The lowest BCUT2D eigenvalue weighted by molar-refractivity contribution is -0.134. The predicted octanol–water partition coefficient (Wildman–Crippen LogP) is 3.99. The van der Waals surface area contributed by atoms with Gasteiger partial charge in [0.15, 0.2) is 11.5 Å². The molecule has 1 saturated heterocycles. The van der Waals surface area contributed by atoms with E-state index in [9.17, 15) is 14.0 Å². The molecule has 2 atom stereocenters. The van der Waals surface area contributed by atoms with E-state index < -0.39 is 6.04 Å². The summed E-state index contributed by atoms with van der Waals surface area (Å²) < 4.78 is 21.5. The molecular weight excluding hydrogens is 429 g/mol. The summed E-state index contributed by atoms with van der Waals surface area (Å²) in [6, 6.07) is 6.01. The fourth-order valence-corrected chi connectivity index (χ4v) is 4.35. The number of ketones is 1. The van der Waals surface area contributed by atoms with Crippen molar-refractivity contribution >= 4 is 24.4 Å². The molecule has 0 bridgehead atoms. The largest absolute Gasteiger partial charge is 0.423 e. The maximum atomic E-state index is 14.6. The van der Waals surface area contributed by atoms with E-state index in [0.29, 0.717) is 37.4 Å². The first kappa shape index (κ1) is 22.7. The Labute approximate surface area is 192 Å². The Kier molecular flexibility index (Phi) is 7.10. The molecular formula is C24H28FN3O3S. The highest BCUT2D eigenvalue weighted by Crippen LogP contribution is 2.39. The number of allylic oxidation sites excluding steroid dienone is 1. The number of likely N-dealkylation sites (tertiary alicyclic amines) is 1. The van der Waals surface area contributed by atoms with E-state index in [1.54, 1.807) is 36.0 Å². The average molecular weight is 458 g/mol. The number of carbonyl (C=O) groups is 2. The van der Waals surface area contributed by atoms with E-state index in [1.165, 1.54) is 12.3 Å².